The van der Waals surface area contributed by atoms with Crippen molar-refractivity contribution in [2.24, 2.45) is 20.5 Å². The van der Waals surface area contributed by atoms with Crippen LogP contribution in [0, 0.1) is 39.0 Å². The summed E-state index contributed by atoms with van der Waals surface area (Å²) in [4.78, 5) is 12.8. The Bertz CT molecular complexity index is 1770. The molecule has 47 heavy (non-hydrogen) atoms. The number of alkyl halides is 3. The van der Waals surface area contributed by atoms with E-state index in [2.05, 4.69) is 55.2 Å². The first-order chi connectivity index (χ1) is 22.2. The normalized spacial score (nSPS) is 11.6. The molecule has 0 aliphatic carbocycles. The Morgan fingerprint density at radius 1 is 0.894 bits per heavy atom. The van der Waals surface area contributed by atoms with Gasteiger partial charge in [0.2, 0.25) is 5.82 Å². The lowest BCUT2D eigenvalue weighted by Crippen LogP contribution is -2.24. The van der Waals surface area contributed by atoms with E-state index in [9.17, 15) is 13.2 Å². The summed E-state index contributed by atoms with van der Waals surface area (Å²) < 4.78 is 38.3. The van der Waals surface area contributed by atoms with E-state index in [1.807, 2.05) is 64.0 Å². The monoisotopic (exact) mass is 703 g/mol. The third-order valence-electron chi connectivity index (χ3n) is 6.80. The van der Waals surface area contributed by atoms with E-state index in [0.717, 1.165) is 59.1 Å². The number of hydrogen-bond acceptors (Lipinski definition) is 11. The summed E-state index contributed by atoms with van der Waals surface area (Å²) in [7, 11) is 3.99. The third-order valence-corrected chi connectivity index (χ3v) is 8.98. The first-order valence-corrected chi connectivity index (χ1v) is 16.8. The topological polar surface area (TPSA) is 105 Å². The fraction of sp³-hybridized carbons (Fsp3) is 0.406. The molecule has 0 aliphatic heterocycles. The number of nitrogens with zero attached hydrogens (tertiary/aromatic N) is 9. The van der Waals surface area contributed by atoms with Crippen molar-refractivity contribution in [1.29, 1.82) is 5.26 Å². The molecule has 0 saturated heterocycles. The Kier molecular flexibility index (Phi) is 13.4. The van der Waals surface area contributed by atoms with E-state index in [-0.39, 0.29) is 5.82 Å². The Labute approximate surface area is 286 Å². The van der Waals surface area contributed by atoms with Crippen molar-refractivity contribution < 1.29 is 13.2 Å². The van der Waals surface area contributed by atoms with Crippen molar-refractivity contribution in [2.45, 2.75) is 60.6 Å². The Hall–Kier alpha value is -3.93. The first-order valence-electron chi connectivity index (χ1n) is 14.8. The number of aryl methyl sites for hydroxylation is 4. The summed E-state index contributed by atoms with van der Waals surface area (Å²) >= 11 is 8.31. The summed E-state index contributed by atoms with van der Waals surface area (Å²) in [6.07, 6.45) is -2.33. The van der Waals surface area contributed by atoms with Crippen molar-refractivity contribution in [3.8, 4) is 6.07 Å². The number of unbranched alkanes of at least 4 members (excludes halogenated alkanes) is 1. The maximum Gasteiger partial charge on any atom is 0.443 e. The summed E-state index contributed by atoms with van der Waals surface area (Å²) in [5.74, 6) is 0.371. The van der Waals surface area contributed by atoms with Crippen LogP contribution in [0.3, 0.4) is 0 Å². The minimum Gasteiger partial charge on any atom is -0.378 e. The van der Waals surface area contributed by atoms with Crippen LogP contribution in [0.1, 0.15) is 57.6 Å². The predicted octanol–water partition coefficient (Wildman–Crippen LogP) is 11.6. The summed E-state index contributed by atoms with van der Waals surface area (Å²) in [5.41, 5.74) is 5.21. The van der Waals surface area contributed by atoms with E-state index in [4.69, 9.17) is 16.9 Å². The molecule has 4 aromatic rings. The molecular formula is C32H37ClF3N9S2. The van der Waals surface area contributed by atoms with Crippen LogP contribution in [-0.2, 0) is 6.18 Å². The maximum atomic E-state index is 12.8. The summed E-state index contributed by atoms with van der Waals surface area (Å²) in [5, 5.41) is 25.7. The molecular weight excluding hydrogens is 667 g/mol. The second-order valence-corrected chi connectivity index (χ2v) is 13.5. The van der Waals surface area contributed by atoms with Crippen molar-refractivity contribution in [3.05, 3.63) is 66.3 Å². The van der Waals surface area contributed by atoms with Crippen LogP contribution in [-0.4, -0.2) is 37.2 Å². The largest absolute Gasteiger partial charge is 0.443 e. The van der Waals surface area contributed by atoms with Crippen LogP contribution < -0.4 is 9.80 Å². The van der Waals surface area contributed by atoms with Crippen molar-refractivity contribution in [1.82, 2.24) is 9.97 Å². The van der Waals surface area contributed by atoms with Gasteiger partial charge in [-0.15, -0.1) is 43.1 Å². The van der Waals surface area contributed by atoms with Crippen molar-refractivity contribution in [3.63, 3.8) is 0 Å². The molecule has 0 atom stereocenters. The van der Waals surface area contributed by atoms with Gasteiger partial charge in [-0.25, -0.2) is 9.97 Å². The van der Waals surface area contributed by atoms with Gasteiger partial charge in [0.25, 0.3) is 0 Å². The number of hydrogen-bond donors (Lipinski definition) is 0. The van der Waals surface area contributed by atoms with Crippen LogP contribution in [0.2, 0.25) is 5.02 Å². The smallest absolute Gasteiger partial charge is 0.378 e. The van der Waals surface area contributed by atoms with Gasteiger partial charge in [-0.05, 0) is 82.5 Å². The van der Waals surface area contributed by atoms with Gasteiger partial charge in [0.05, 0.1) is 32.0 Å². The molecule has 0 amide bonds. The van der Waals surface area contributed by atoms with Crippen molar-refractivity contribution in [2.75, 3.05) is 37.0 Å². The number of nitriles is 1. The molecule has 0 spiro atoms. The highest BCUT2D eigenvalue weighted by Crippen LogP contribution is 2.38. The molecule has 2 aromatic heterocycles. The lowest BCUT2D eigenvalue weighted by molar-refractivity contribution is -0.137. The molecule has 2 aromatic carbocycles. The molecule has 250 valence electrons. The number of benzene rings is 2. The molecule has 0 aliphatic rings. The second kappa shape index (κ2) is 16.8. The standard InChI is InChI=1S/C18H22ClF3N4S.C14H15N5S/c1-5-7-8-26(6-2)15-9-11(3)14(10-13(15)19)24-25-16-12(4)27-17(23-16)18(20,21)22;1-9-7-11(19(3)4)5-6-12(9)17-18-14-13(8-15)20-10(2)16-14/h9-10H,5-8H2,1-4H3;5-7H,1-4H3. The van der Waals surface area contributed by atoms with Gasteiger partial charge in [0, 0.05) is 32.9 Å². The molecule has 0 saturated carbocycles. The zero-order valence-electron chi connectivity index (χ0n) is 27.6. The van der Waals surface area contributed by atoms with E-state index >= 15 is 0 Å². The average Bonchev–Trinajstić information content (AvgIpc) is 3.58. The fourth-order valence-corrected chi connectivity index (χ4v) is 5.84. The van der Waals surface area contributed by atoms with Crippen LogP contribution in [0.25, 0.3) is 0 Å². The number of halogens is 4. The van der Waals surface area contributed by atoms with Gasteiger partial charge in [-0.1, -0.05) is 24.9 Å². The van der Waals surface area contributed by atoms with E-state index in [0.29, 0.717) is 37.6 Å². The predicted molar refractivity (Wildman–Crippen MR) is 186 cm³/mol. The molecule has 4 rings (SSSR count). The van der Waals surface area contributed by atoms with E-state index in [1.165, 1.54) is 18.3 Å². The number of aromatic nitrogens is 2. The first kappa shape index (κ1) is 37.5. The van der Waals surface area contributed by atoms with Crippen LogP contribution in [0.15, 0.2) is 50.8 Å². The zero-order chi connectivity index (χ0) is 34.9. The highest BCUT2D eigenvalue weighted by molar-refractivity contribution is 7.12. The zero-order valence-corrected chi connectivity index (χ0v) is 30.0. The Morgan fingerprint density at radius 2 is 1.55 bits per heavy atom. The van der Waals surface area contributed by atoms with Crippen LogP contribution in [0.5, 0.6) is 0 Å². The molecule has 0 radical (unpaired) electrons. The minimum absolute atomic E-state index is 0.0231. The highest BCUT2D eigenvalue weighted by atomic mass is 35.5. The molecule has 0 N–H and O–H groups in total. The quantitative estimate of drug-likeness (QED) is 0.153. The third kappa shape index (κ3) is 10.3. The van der Waals surface area contributed by atoms with Crippen molar-refractivity contribution >= 4 is 68.7 Å². The summed E-state index contributed by atoms with van der Waals surface area (Å²) in [6.45, 7) is 13.2. The van der Waals surface area contributed by atoms with Gasteiger partial charge in [-0.2, -0.15) is 18.4 Å². The van der Waals surface area contributed by atoms with E-state index in [1.54, 1.807) is 6.07 Å². The second-order valence-electron chi connectivity index (χ2n) is 10.7. The minimum atomic E-state index is -4.48. The Morgan fingerprint density at radius 3 is 2.13 bits per heavy atom. The van der Waals surface area contributed by atoms with Gasteiger partial charge < -0.3 is 9.80 Å². The highest BCUT2D eigenvalue weighted by Gasteiger charge is 2.35. The number of anilines is 2. The SMILES string of the molecule is CCCCN(CC)c1cc(C)c(N=Nc2nc(C(F)(F)F)sc2C)cc1Cl.Cc1nc(N=Nc2ccc(N(C)C)cc2C)c(C#N)s1. The Balaban J connectivity index is 0.000000267. The molecule has 9 nitrogen and oxygen atoms in total. The van der Waals surface area contributed by atoms with Gasteiger partial charge in [0.15, 0.2) is 15.7 Å². The van der Waals surface area contributed by atoms with Gasteiger partial charge in [0.1, 0.15) is 6.07 Å². The summed E-state index contributed by atoms with van der Waals surface area (Å²) in [6, 6.07) is 11.7. The molecule has 0 unspecified atom stereocenters. The molecule has 0 fully saturated rings. The number of rotatable bonds is 10. The number of thiazole rings is 2. The lowest BCUT2D eigenvalue weighted by atomic mass is 10.1. The average molecular weight is 704 g/mol. The van der Waals surface area contributed by atoms with Gasteiger partial charge >= 0.3 is 6.18 Å². The fourth-order valence-electron chi connectivity index (χ4n) is 4.20. The van der Waals surface area contributed by atoms with E-state index < -0.39 is 11.2 Å². The number of azo groups is 2. The van der Waals surface area contributed by atoms with Crippen LogP contribution >= 0.6 is 34.3 Å². The molecule has 2 heterocycles. The maximum absolute atomic E-state index is 12.8. The molecule has 15 heteroatoms. The van der Waals surface area contributed by atoms with Crippen LogP contribution in [0.4, 0.5) is 47.6 Å². The molecule has 0 bridgehead atoms. The van der Waals surface area contributed by atoms with Gasteiger partial charge in [-0.3, -0.25) is 0 Å². The lowest BCUT2D eigenvalue weighted by Gasteiger charge is -2.24.